The standard InChI is InChI=1S/C19H24F2N6O/c1-11(2)23-12(3)24-18-16(9-22)25-19(27(18)13-7-8-28-10-13)26-17-14(20)5-4-6-15(17)21/h4-6,9,11,13,22-24H,3,7-8,10H2,1-2H3,(H,25,26)/t13-/m1/s1. The van der Waals surface area contributed by atoms with Crippen LogP contribution in [0, 0.1) is 17.0 Å². The molecule has 1 fully saturated rings. The van der Waals surface area contributed by atoms with Crippen molar-refractivity contribution in [1.29, 1.82) is 5.41 Å². The number of hydrogen-bond donors (Lipinski definition) is 4. The lowest BCUT2D eigenvalue weighted by Gasteiger charge is -2.21. The van der Waals surface area contributed by atoms with Crippen LogP contribution in [0.5, 0.6) is 0 Å². The maximum Gasteiger partial charge on any atom is 0.210 e. The molecule has 28 heavy (non-hydrogen) atoms. The Morgan fingerprint density at radius 3 is 2.68 bits per heavy atom. The number of nitrogens with zero attached hydrogens (tertiary/aromatic N) is 2. The number of para-hydroxylation sites is 1. The van der Waals surface area contributed by atoms with E-state index < -0.39 is 11.6 Å². The van der Waals surface area contributed by atoms with Crippen molar-refractivity contribution in [2.75, 3.05) is 23.8 Å². The molecule has 0 saturated carbocycles. The average Bonchev–Trinajstić information content (AvgIpc) is 3.25. The molecule has 1 saturated heterocycles. The largest absolute Gasteiger partial charge is 0.379 e. The molecule has 2 aromatic rings. The maximum atomic E-state index is 14.1. The molecular formula is C19H24F2N6O. The highest BCUT2D eigenvalue weighted by Crippen LogP contribution is 2.33. The molecule has 3 rings (SSSR count). The van der Waals surface area contributed by atoms with Gasteiger partial charge in [0.2, 0.25) is 5.95 Å². The molecule has 150 valence electrons. The molecule has 0 unspecified atom stereocenters. The summed E-state index contributed by atoms with van der Waals surface area (Å²) in [5.74, 6) is -0.203. The minimum absolute atomic E-state index is 0.104. The van der Waals surface area contributed by atoms with Crippen molar-refractivity contribution >= 4 is 23.7 Å². The summed E-state index contributed by atoms with van der Waals surface area (Å²) in [6, 6.07) is 3.68. The van der Waals surface area contributed by atoms with Crippen LogP contribution in [-0.2, 0) is 4.74 Å². The fraction of sp³-hybridized carbons (Fsp3) is 0.368. The Balaban J connectivity index is 2.04. The molecule has 1 aromatic heterocycles. The van der Waals surface area contributed by atoms with Gasteiger partial charge in [-0.1, -0.05) is 12.6 Å². The summed E-state index contributed by atoms with van der Waals surface area (Å²) < 4.78 is 35.5. The number of anilines is 3. The lowest BCUT2D eigenvalue weighted by molar-refractivity contribution is 0.187. The molecule has 2 heterocycles. The predicted molar refractivity (Wildman–Crippen MR) is 105 cm³/mol. The Hall–Kier alpha value is -2.94. The summed E-state index contributed by atoms with van der Waals surface area (Å²) in [5, 5.41) is 16.7. The molecule has 0 aliphatic carbocycles. The Bertz CT molecular complexity index is 853. The third kappa shape index (κ3) is 4.14. The molecule has 7 nitrogen and oxygen atoms in total. The second-order valence-corrected chi connectivity index (χ2v) is 6.83. The van der Waals surface area contributed by atoms with Crippen LogP contribution in [0.15, 0.2) is 30.6 Å². The minimum atomic E-state index is -0.728. The molecule has 1 aromatic carbocycles. The van der Waals surface area contributed by atoms with Gasteiger partial charge in [0, 0.05) is 18.9 Å². The lowest BCUT2D eigenvalue weighted by atomic mass is 10.2. The Morgan fingerprint density at radius 1 is 1.39 bits per heavy atom. The van der Waals surface area contributed by atoms with Crippen molar-refractivity contribution in [3.05, 3.63) is 47.9 Å². The molecule has 4 N–H and O–H groups in total. The van der Waals surface area contributed by atoms with Crippen LogP contribution in [0.1, 0.15) is 32.0 Å². The van der Waals surface area contributed by atoms with Crippen molar-refractivity contribution in [3.63, 3.8) is 0 Å². The highest BCUT2D eigenvalue weighted by atomic mass is 19.1. The normalized spacial score (nSPS) is 16.2. The summed E-state index contributed by atoms with van der Waals surface area (Å²) in [5.41, 5.74) is 0.0210. The molecule has 1 aliphatic rings. The number of benzene rings is 1. The van der Waals surface area contributed by atoms with E-state index in [9.17, 15) is 8.78 Å². The molecular weight excluding hydrogens is 366 g/mol. The van der Waals surface area contributed by atoms with Gasteiger partial charge in [0.15, 0.2) is 0 Å². The predicted octanol–water partition coefficient (Wildman–Crippen LogP) is 3.75. The van der Waals surface area contributed by atoms with Gasteiger partial charge in [0.05, 0.1) is 18.5 Å². The van der Waals surface area contributed by atoms with Gasteiger partial charge in [0.1, 0.15) is 28.8 Å². The number of imidazole rings is 1. The fourth-order valence-corrected chi connectivity index (χ4v) is 3.10. The van der Waals surface area contributed by atoms with Crippen LogP contribution in [0.3, 0.4) is 0 Å². The molecule has 0 bridgehead atoms. The number of aromatic nitrogens is 2. The summed E-state index contributed by atoms with van der Waals surface area (Å²) in [7, 11) is 0. The first-order valence-electron chi connectivity index (χ1n) is 9.04. The number of ether oxygens (including phenoxy) is 1. The van der Waals surface area contributed by atoms with Crippen LogP contribution in [0.25, 0.3) is 0 Å². The third-order valence-corrected chi connectivity index (χ3v) is 4.28. The van der Waals surface area contributed by atoms with Gasteiger partial charge in [-0.2, -0.15) is 0 Å². The second kappa shape index (κ2) is 8.39. The first-order valence-corrected chi connectivity index (χ1v) is 9.04. The smallest absolute Gasteiger partial charge is 0.210 e. The van der Waals surface area contributed by atoms with Crippen molar-refractivity contribution in [2.24, 2.45) is 0 Å². The zero-order valence-corrected chi connectivity index (χ0v) is 15.9. The van der Waals surface area contributed by atoms with E-state index in [1.165, 1.54) is 18.2 Å². The third-order valence-electron chi connectivity index (χ3n) is 4.28. The van der Waals surface area contributed by atoms with Gasteiger partial charge in [-0.3, -0.25) is 4.57 Å². The van der Waals surface area contributed by atoms with E-state index in [-0.39, 0.29) is 23.7 Å². The number of nitrogens with one attached hydrogen (secondary N) is 4. The van der Waals surface area contributed by atoms with Crippen molar-refractivity contribution in [1.82, 2.24) is 14.9 Å². The first kappa shape index (κ1) is 19.8. The van der Waals surface area contributed by atoms with E-state index in [1.807, 2.05) is 13.8 Å². The van der Waals surface area contributed by atoms with Gasteiger partial charge in [-0.15, -0.1) is 0 Å². The van der Waals surface area contributed by atoms with Gasteiger partial charge < -0.3 is 26.1 Å². The molecule has 0 radical (unpaired) electrons. The number of halogens is 2. The van der Waals surface area contributed by atoms with Gasteiger partial charge >= 0.3 is 0 Å². The topological polar surface area (TPSA) is 87.0 Å². The van der Waals surface area contributed by atoms with E-state index in [2.05, 4.69) is 27.5 Å². The number of hydrogen-bond acceptors (Lipinski definition) is 6. The van der Waals surface area contributed by atoms with Gasteiger partial charge in [-0.25, -0.2) is 13.8 Å². The summed E-state index contributed by atoms with van der Waals surface area (Å²) in [6.07, 6.45) is 1.79. The first-order chi connectivity index (χ1) is 13.4. The van der Waals surface area contributed by atoms with Crippen molar-refractivity contribution < 1.29 is 13.5 Å². The summed E-state index contributed by atoms with van der Waals surface area (Å²) in [4.78, 5) is 4.37. The van der Waals surface area contributed by atoms with Crippen LogP contribution in [0.4, 0.5) is 26.2 Å². The van der Waals surface area contributed by atoms with E-state index >= 15 is 0 Å². The maximum absolute atomic E-state index is 14.1. The van der Waals surface area contributed by atoms with Crippen LogP contribution < -0.4 is 16.0 Å². The Morgan fingerprint density at radius 2 is 2.11 bits per heavy atom. The molecule has 0 amide bonds. The quantitative estimate of drug-likeness (QED) is 0.516. The number of rotatable bonds is 8. The molecule has 1 atom stereocenters. The monoisotopic (exact) mass is 390 g/mol. The highest BCUT2D eigenvalue weighted by Gasteiger charge is 2.27. The Kier molecular flexibility index (Phi) is 5.93. The second-order valence-electron chi connectivity index (χ2n) is 6.83. The molecule has 0 spiro atoms. The average molecular weight is 390 g/mol. The van der Waals surface area contributed by atoms with Crippen LogP contribution >= 0.6 is 0 Å². The zero-order valence-electron chi connectivity index (χ0n) is 15.9. The van der Waals surface area contributed by atoms with Gasteiger partial charge in [0.25, 0.3) is 0 Å². The van der Waals surface area contributed by atoms with Crippen LogP contribution in [-0.4, -0.2) is 35.0 Å². The minimum Gasteiger partial charge on any atom is -0.379 e. The summed E-state index contributed by atoms with van der Waals surface area (Å²) in [6.45, 7) is 8.89. The van der Waals surface area contributed by atoms with Crippen LogP contribution in [0.2, 0.25) is 0 Å². The van der Waals surface area contributed by atoms with E-state index in [1.54, 1.807) is 4.57 Å². The van der Waals surface area contributed by atoms with E-state index in [0.717, 1.165) is 6.21 Å². The molecule has 1 aliphatic heterocycles. The zero-order chi connectivity index (χ0) is 20.3. The van der Waals surface area contributed by atoms with Crippen molar-refractivity contribution in [3.8, 4) is 0 Å². The van der Waals surface area contributed by atoms with Crippen molar-refractivity contribution in [2.45, 2.75) is 32.4 Å². The summed E-state index contributed by atoms with van der Waals surface area (Å²) >= 11 is 0. The van der Waals surface area contributed by atoms with E-state index in [0.29, 0.717) is 37.0 Å². The SMILES string of the molecule is C=C(Nc1c(C=N)nc(Nc2c(F)cccc2F)n1[C@@H]1CCOC1)NC(C)C. The Labute approximate surface area is 162 Å². The lowest BCUT2D eigenvalue weighted by Crippen LogP contribution is -2.27. The molecule has 9 heteroatoms. The van der Waals surface area contributed by atoms with E-state index in [4.69, 9.17) is 10.1 Å². The fourth-order valence-electron chi connectivity index (χ4n) is 3.10. The van der Waals surface area contributed by atoms with Gasteiger partial charge in [-0.05, 0) is 32.4 Å². The highest BCUT2D eigenvalue weighted by molar-refractivity contribution is 5.84.